The molecule has 0 unspecified atom stereocenters. The molecule has 0 bridgehead atoms. The number of rotatable bonds is 1. The van der Waals surface area contributed by atoms with E-state index in [0.29, 0.717) is 11.7 Å². The second-order valence-corrected chi connectivity index (χ2v) is 3.52. The van der Waals surface area contributed by atoms with Crippen LogP contribution in [0.4, 0.5) is 5.82 Å². The highest BCUT2D eigenvalue weighted by Gasteiger charge is 2.09. The Morgan fingerprint density at radius 1 is 1.46 bits per heavy atom. The Kier molecular flexibility index (Phi) is 1.72. The van der Waals surface area contributed by atoms with E-state index in [-0.39, 0.29) is 0 Å². The molecule has 2 heterocycles. The van der Waals surface area contributed by atoms with Gasteiger partial charge in [-0.15, -0.1) is 0 Å². The molecule has 2 rings (SSSR count). The molecule has 0 aliphatic rings. The first-order valence-electron chi connectivity index (χ1n) is 4.41. The summed E-state index contributed by atoms with van der Waals surface area (Å²) in [5.41, 5.74) is 8.11. The number of aromatic amines is 1. The molecule has 0 fully saturated rings. The molecule has 0 saturated heterocycles. The van der Waals surface area contributed by atoms with Crippen LogP contribution < -0.4 is 5.73 Å². The smallest absolute Gasteiger partial charge is 0.133 e. The van der Waals surface area contributed by atoms with Gasteiger partial charge in [-0.2, -0.15) is 0 Å². The maximum absolute atomic E-state index is 5.81. The summed E-state index contributed by atoms with van der Waals surface area (Å²) in [4.78, 5) is 7.27. The number of pyridine rings is 1. The van der Waals surface area contributed by atoms with E-state index < -0.39 is 0 Å². The summed E-state index contributed by atoms with van der Waals surface area (Å²) in [7, 11) is 0. The second-order valence-electron chi connectivity index (χ2n) is 3.52. The van der Waals surface area contributed by atoms with Gasteiger partial charge in [-0.3, -0.25) is 0 Å². The molecule has 2 aromatic heterocycles. The van der Waals surface area contributed by atoms with Gasteiger partial charge >= 0.3 is 0 Å². The molecule has 3 N–H and O–H groups in total. The van der Waals surface area contributed by atoms with Gasteiger partial charge in [0.1, 0.15) is 5.82 Å². The van der Waals surface area contributed by atoms with Gasteiger partial charge in [-0.25, -0.2) is 4.98 Å². The standard InChI is InChI=1S/C10H13N3/c1-6(2)7-5-13-8-3-4-12-10(11)9(7)8/h3-6,13H,1-2H3,(H2,11,12). The van der Waals surface area contributed by atoms with E-state index in [1.165, 1.54) is 5.56 Å². The Hall–Kier alpha value is -1.51. The number of nitrogens with one attached hydrogen (secondary N) is 1. The van der Waals surface area contributed by atoms with Gasteiger partial charge < -0.3 is 10.7 Å². The topological polar surface area (TPSA) is 54.7 Å². The van der Waals surface area contributed by atoms with E-state index in [2.05, 4.69) is 23.8 Å². The van der Waals surface area contributed by atoms with Crippen LogP contribution in [0.3, 0.4) is 0 Å². The fourth-order valence-electron chi connectivity index (χ4n) is 1.58. The summed E-state index contributed by atoms with van der Waals surface area (Å²) in [6, 6.07) is 1.94. The molecule has 0 amide bonds. The second kappa shape index (κ2) is 2.76. The van der Waals surface area contributed by atoms with Crippen LogP contribution >= 0.6 is 0 Å². The van der Waals surface area contributed by atoms with Crippen molar-refractivity contribution in [3.8, 4) is 0 Å². The maximum Gasteiger partial charge on any atom is 0.133 e. The lowest BCUT2D eigenvalue weighted by atomic mass is 10.0. The van der Waals surface area contributed by atoms with E-state index >= 15 is 0 Å². The minimum absolute atomic E-state index is 0.472. The predicted octanol–water partition coefficient (Wildman–Crippen LogP) is 2.27. The number of aromatic nitrogens is 2. The molecule has 68 valence electrons. The van der Waals surface area contributed by atoms with E-state index in [4.69, 9.17) is 5.73 Å². The fraction of sp³-hybridized carbons (Fsp3) is 0.300. The summed E-state index contributed by atoms with van der Waals surface area (Å²) < 4.78 is 0. The molecule has 0 spiro atoms. The van der Waals surface area contributed by atoms with E-state index in [0.717, 1.165) is 10.9 Å². The lowest BCUT2D eigenvalue weighted by molar-refractivity contribution is 0.875. The van der Waals surface area contributed by atoms with Crippen LogP contribution in [0.2, 0.25) is 0 Å². The largest absolute Gasteiger partial charge is 0.383 e. The quantitative estimate of drug-likeness (QED) is 0.698. The molecule has 0 radical (unpaired) electrons. The summed E-state index contributed by atoms with van der Waals surface area (Å²) in [5.74, 6) is 1.09. The van der Waals surface area contributed by atoms with Crippen LogP contribution in [0.1, 0.15) is 25.3 Å². The molecule has 0 aliphatic heterocycles. The van der Waals surface area contributed by atoms with Gasteiger partial charge in [0, 0.05) is 17.8 Å². The number of hydrogen-bond donors (Lipinski definition) is 2. The zero-order chi connectivity index (χ0) is 9.42. The number of H-pyrrole nitrogens is 1. The van der Waals surface area contributed by atoms with Gasteiger partial charge in [0.05, 0.1) is 5.52 Å². The third-order valence-corrected chi connectivity index (χ3v) is 2.27. The number of hydrogen-bond acceptors (Lipinski definition) is 2. The Morgan fingerprint density at radius 2 is 2.23 bits per heavy atom. The maximum atomic E-state index is 5.81. The summed E-state index contributed by atoms with van der Waals surface area (Å²) >= 11 is 0. The first kappa shape index (κ1) is 8.10. The molecule has 0 aromatic carbocycles. The monoisotopic (exact) mass is 175 g/mol. The Balaban J connectivity index is 2.79. The Morgan fingerprint density at radius 3 is 2.92 bits per heavy atom. The van der Waals surface area contributed by atoms with Gasteiger partial charge in [-0.05, 0) is 17.5 Å². The van der Waals surface area contributed by atoms with Crippen molar-refractivity contribution in [1.29, 1.82) is 0 Å². The lowest BCUT2D eigenvalue weighted by Crippen LogP contribution is -1.92. The van der Waals surface area contributed by atoms with Crippen molar-refractivity contribution >= 4 is 16.7 Å². The van der Waals surface area contributed by atoms with Crippen LogP contribution in [0.5, 0.6) is 0 Å². The average Bonchev–Trinajstić information content (AvgIpc) is 2.49. The van der Waals surface area contributed by atoms with Crippen molar-refractivity contribution in [2.75, 3.05) is 5.73 Å². The Labute approximate surface area is 77.0 Å². The highest BCUT2D eigenvalue weighted by molar-refractivity contribution is 5.92. The summed E-state index contributed by atoms with van der Waals surface area (Å²) in [6.45, 7) is 4.30. The van der Waals surface area contributed by atoms with E-state index in [1.54, 1.807) is 6.20 Å². The number of nitrogens with two attached hydrogens (primary N) is 1. The summed E-state index contributed by atoms with van der Waals surface area (Å²) in [6.07, 6.45) is 3.73. The molecule has 2 aromatic rings. The van der Waals surface area contributed by atoms with Crippen LogP contribution in [0.15, 0.2) is 18.5 Å². The lowest BCUT2D eigenvalue weighted by Gasteiger charge is -2.03. The van der Waals surface area contributed by atoms with Crippen LogP contribution in [0, 0.1) is 0 Å². The number of anilines is 1. The summed E-state index contributed by atoms with van der Waals surface area (Å²) in [5, 5.41) is 1.07. The normalized spacial score (nSPS) is 11.3. The van der Waals surface area contributed by atoms with E-state index in [1.807, 2.05) is 12.3 Å². The zero-order valence-corrected chi connectivity index (χ0v) is 7.83. The number of nitrogens with zero attached hydrogens (tertiary/aromatic N) is 1. The number of fused-ring (bicyclic) bond motifs is 1. The zero-order valence-electron chi connectivity index (χ0n) is 7.83. The van der Waals surface area contributed by atoms with Gasteiger partial charge in [0.15, 0.2) is 0 Å². The third kappa shape index (κ3) is 1.16. The van der Waals surface area contributed by atoms with Crippen molar-refractivity contribution in [2.45, 2.75) is 19.8 Å². The molecule has 13 heavy (non-hydrogen) atoms. The molecule has 3 nitrogen and oxygen atoms in total. The van der Waals surface area contributed by atoms with Gasteiger partial charge in [-0.1, -0.05) is 13.8 Å². The van der Waals surface area contributed by atoms with Crippen molar-refractivity contribution in [3.63, 3.8) is 0 Å². The van der Waals surface area contributed by atoms with Crippen molar-refractivity contribution in [2.24, 2.45) is 0 Å². The Bertz CT molecular complexity index is 429. The van der Waals surface area contributed by atoms with Crippen molar-refractivity contribution in [1.82, 2.24) is 9.97 Å². The highest BCUT2D eigenvalue weighted by Crippen LogP contribution is 2.27. The van der Waals surface area contributed by atoms with Gasteiger partial charge in [0.25, 0.3) is 0 Å². The molecular formula is C10H13N3. The third-order valence-electron chi connectivity index (χ3n) is 2.27. The van der Waals surface area contributed by atoms with Gasteiger partial charge in [0.2, 0.25) is 0 Å². The highest BCUT2D eigenvalue weighted by atomic mass is 14.8. The van der Waals surface area contributed by atoms with Crippen LogP contribution in [-0.4, -0.2) is 9.97 Å². The minimum atomic E-state index is 0.472. The molecule has 0 aliphatic carbocycles. The van der Waals surface area contributed by atoms with Crippen LogP contribution in [-0.2, 0) is 0 Å². The fourth-order valence-corrected chi connectivity index (χ4v) is 1.58. The number of nitrogen functional groups attached to an aromatic ring is 1. The minimum Gasteiger partial charge on any atom is -0.383 e. The average molecular weight is 175 g/mol. The molecule has 0 atom stereocenters. The molecular weight excluding hydrogens is 162 g/mol. The predicted molar refractivity (Wildman–Crippen MR) is 54.6 cm³/mol. The first-order chi connectivity index (χ1) is 6.20. The molecule has 0 saturated carbocycles. The molecule has 3 heteroatoms. The van der Waals surface area contributed by atoms with E-state index in [9.17, 15) is 0 Å². The van der Waals surface area contributed by atoms with Crippen molar-refractivity contribution < 1.29 is 0 Å². The first-order valence-corrected chi connectivity index (χ1v) is 4.41. The van der Waals surface area contributed by atoms with Crippen LogP contribution in [0.25, 0.3) is 10.9 Å². The van der Waals surface area contributed by atoms with Crippen molar-refractivity contribution in [3.05, 3.63) is 24.0 Å². The SMILES string of the molecule is CC(C)c1c[nH]c2ccnc(N)c12.